The second-order valence-electron chi connectivity index (χ2n) is 8.03. The lowest BCUT2D eigenvalue weighted by atomic mass is 9.95. The Labute approximate surface area is 193 Å². The highest BCUT2D eigenvalue weighted by Crippen LogP contribution is 2.39. The number of carbonyl (C=O) groups excluding carboxylic acids is 2. The third kappa shape index (κ3) is 4.51. The first-order valence-electron chi connectivity index (χ1n) is 11.0. The summed E-state index contributed by atoms with van der Waals surface area (Å²) in [6, 6.07) is 18.0. The second kappa shape index (κ2) is 9.69. The van der Waals surface area contributed by atoms with Gasteiger partial charge in [0, 0.05) is 24.5 Å². The van der Waals surface area contributed by atoms with E-state index < -0.39 is 17.7 Å². The van der Waals surface area contributed by atoms with Gasteiger partial charge in [0.05, 0.1) is 11.6 Å². The van der Waals surface area contributed by atoms with Crippen LogP contribution in [0.15, 0.2) is 78.6 Å². The lowest BCUT2D eigenvalue weighted by Crippen LogP contribution is -2.30. The number of aliphatic hydroxyl groups is 1. The van der Waals surface area contributed by atoms with E-state index in [1.165, 1.54) is 4.90 Å². The van der Waals surface area contributed by atoms with Gasteiger partial charge >= 0.3 is 0 Å². The molecule has 0 bridgehead atoms. The Kier molecular flexibility index (Phi) is 6.54. The summed E-state index contributed by atoms with van der Waals surface area (Å²) < 4.78 is 5.93. The molecule has 1 aromatic heterocycles. The van der Waals surface area contributed by atoms with Crippen molar-refractivity contribution in [2.75, 3.05) is 6.54 Å². The largest absolute Gasteiger partial charge is 0.507 e. The van der Waals surface area contributed by atoms with Crippen LogP contribution < -0.4 is 4.74 Å². The molecule has 4 rings (SSSR count). The molecule has 168 valence electrons. The molecule has 2 aromatic carbocycles. The Bertz CT molecular complexity index is 1190. The van der Waals surface area contributed by atoms with E-state index in [1.807, 2.05) is 44.2 Å². The van der Waals surface area contributed by atoms with Crippen LogP contribution in [0.25, 0.3) is 5.76 Å². The molecular formula is C27H26N2O4. The summed E-state index contributed by atoms with van der Waals surface area (Å²) >= 11 is 0. The van der Waals surface area contributed by atoms with Gasteiger partial charge in [-0.2, -0.15) is 0 Å². The number of likely N-dealkylation sites (tertiary alicyclic amines) is 1. The Morgan fingerprint density at radius 3 is 2.45 bits per heavy atom. The number of rotatable bonds is 7. The van der Waals surface area contributed by atoms with Gasteiger partial charge in [0.1, 0.15) is 18.1 Å². The molecule has 2 heterocycles. The van der Waals surface area contributed by atoms with Crippen molar-refractivity contribution < 1.29 is 19.4 Å². The number of amides is 1. The minimum absolute atomic E-state index is 0.0944. The van der Waals surface area contributed by atoms with Gasteiger partial charge in [-0.05, 0) is 60.4 Å². The zero-order valence-electron chi connectivity index (χ0n) is 18.7. The fraction of sp³-hybridized carbons (Fsp3) is 0.222. The number of aryl methyl sites for hydroxylation is 1. The molecule has 1 saturated heterocycles. The van der Waals surface area contributed by atoms with Crippen LogP contribution in [-0.2, 0) is 16.2 Å². The lowest BCUT2D eigenvalue weighted by Gasteiger charge is -2.24. The van der Waals surface area contributed by atoms with E-state index in [4.69, 9.17) is 4.74 Å². The van der Waals surface area contributed by atoms with Gasteiger partial charge in [0.2, 0.25) is 0 Å². The molecule has 1 amide bonds. The van der Waals surface area contributed by atoms with Crippen molar-refractivity contribution in [1.82, 2.24) is 9.88 Å². The van der Waals surface area contributed by atoms with Crippen LogP contribution in [-0.4, -0.2) is 33.2 Å². The van der Waals surface area contributed by atoms with Crippen molar-refractivity contribution in [2.24, 2.45) is 0 Å². The molecule has 1 N–H and O–H groups in total. The molecule has 3 aromatic rings. The molecule has 33 heavy (non-hydrogen) atoms. The van der Waals surface area contributed by atoms with Crippen LogP contribution >= 0.6 is 0 Å². The van der Waals surface area contributed by atoms with Crippen LogP contribution in [0, 0.1) is 6.92 Å². The van der Waals surface area contributed by atoms with Crippen LogP contribution in [0.3, 0.4) is 0 Å². The number of pyridine rings is 1. The van der Waals surface area contributed by atoms with Crippen molar-refractivity contribution in [3.63, 3.8) is 0 Å². The van der Waals surface area contributed by atoms with E-state index in [9.17, 15) is 14.7 Å². The summed E-state index contributed by atoms with van der Waals surface area (Å²) in [6.45, 7) is 4.67. The van der Waals surface area contributed by atoms with E-state index in [0.717, 1.165) is 16.7 Å². The molecule has 0 radical (unpaired) electrons. The molecule has 0 spiro atoms. The van der Waals surface area contributed by atoms with Crippen molar-refractivity contribution in [2.45, 2.75) is 32.9 Å². The van der Waals surface area contributed by atoms with Crippen LogP contribution in [0.2, 0.25) is 0 Å². The average Bonchev–Trinajstić information content (AvgIpc) is 3.09. The quantitative estimate of drug-likeness (QED) is 0.323. The predicted octanol–water partition coefficient (Wildman–Crippen LogP) is 4.80. The fourth-order valence-corrected chi connectivity index (χ4v) is 4.09. The first-order valence-corrected chi connectivity index (χ1v) is 11.0. The highest BCUT2D eigenvalue weighted by Gasteiger charge is 2.45. The number of aliphatic hydroxyl groups excluding tert-OH is 1. The van der Waals surface area contributed by atoms with Crippen molar-refractivity contribution in [3.8, 4) is 5.75 Å². The molecule has 1 fully saturated rings. The van der Waals surface area contributed by atoms with E-state index in [-0.39, 0.29) is 11.3 Å². The molecule has 6 nitrogen and oxygen atoms in total. The zero-order valence-corrected chi connectivity index (χ0v) is 18.7. The third-order valence-corrected chi connectivity index (χ3v) is 5.71. The summed E-state index contributed by atoms with van der Waals surface area (Å²) in [6.07, 6.45) is 3.93. The molecule has 0 saturated carbocycles. The van der Waals surface area contributed by atoms with Gasteiger partial charge in [0.15, 0.2) is 0 Å². The standard InChI is InChI=1S/C27H26N2O4/c1-3-15-29-24(20-11-13-28-14-12-20)23(26(31)27(29)32)25(30)21-9-10-22(18(2)16-21)33-17-19-7-5-4-6-8-19/h4-14,16,24,30H,3,15,17H2,1-2H3/b25-23+. The van der Waals surface area contributed by atoms with E-state index in [2.05, 4.69) is 4.98 Å². The van der Waals surface area contributed by atoms with Crippen LogP contribution in [0.5, 0.6) is 5.75 Å². The first-order chi connectivity index (χ1) is 16.0. The number of ketones is 1. The number of carbonyl (C=O) groups is 2. The number of benzene rings is 2. The number of nitrogens with zero attached hydrogens (tertiary/aromatic N) is 2. The Hall–Kier alpha value is -3.93. The van der Waals surface area contributed by atoms with Crippen molar-refractivity contribution in [1.29, 1.82) is 0 Å². The maximum atomic E-state index is 13.0. The normalized spacial score (nSPS) is 17.4. The van der Waals surface area contributed by atoms with E-state index in [0.29, 0.717) is 30.9 Å². The predicted molar refractivity (Wildman–Crippen MR) is 125 cm³/mol. The smallest absolute Gasteiger partial charge is 0.295 e. The number of ether oxygens (including phenoxy) is 1. The third-order valence-electron chi connectivity index (χ3n) is 5.71. The first kappa shape index (κ1) is 22.3. The number of Topliss-reactive ketones (excluding diaryl/α,β-unsaturated/α-hetero) is 1. The Morgan fingerprint density at radius 1 is 1.06 bits per heavy atom. The van der Waals surface area contributed by atoms with Gasteiger partial charge in [0.25, 0.3) is 11.7 Å². The topological polar surface area (TPSA) is 79.7 Å². The minimum Gasteiger partial charge on any atom is -0.507 e. The molecule has 6 heteroatoms. The maximum absolute atomic E-state index is 13.0. The SMILES string of the molecule is CCCN1C(=O)C(=O)/C(=C(/O)c2ccc(OCc3ccccc3)c(C)c2)C1c1ccncc1. The fourth-order valence-electron chi connectivity index (χ4n) is 4.09. The summed E-state index contributed by atoms with van der Waals surface area (Å²) in [5.41, 5.74) is 3.17. The summed E-state index contributed by atoms with van der Waals surface area (Å²) in [4.78, 5) is 31.3. The van der Waals surface area contributed by atoms with Crippen molar-refractivity contribution in [3.05, 3.63) is 101 Å². The van der Waals surface area contributed by atoms with Crippen LogP contribution in [0.1, 0.15) is 41.6 Å². The molecular weight excluding hydrogens is 416 g/mol. The van der Waals surface area contributed by atoms with Crippen LogP contribution in [0.4, 0.5) is 0 Å². The molecule has 1 atom stereocenters. The monoisotopic (exact) mass is 442 g/mol. The average molecular weight is 443 g/mol. The summed E-state index contributed by atoms with van der Waals surface area (Å²) in [5, 5.41) is 11.2. The molecule has 1 unspecified atom stereocenters. The molecule has 1 aliphatic rings. The zero-order chi connectivity index (χ0) is 23.4. The van der Waals surface area contributed by atoms with Gasteiger partial charge in [-0.3, -0.25) is 14.6 Å². The lowest BCUT2D eigenvalue weighted by molar-refractivity contribution is -0.139. The Balaban J connectivity index is 1.68. The second-order valence-corrected chi connectivity index (χ2v) is 8.03. The highest BCUT2D eigenvalue weighted by atomic mass is 16.5. The number of hydrogen-bond acceptors (Lipinski definition) is 5. The Morgan fingerprint density at radius 2 is 1.79 bits per heavy atom. The number of hydrogen-bond donors (Lipinski definition) is 1. The minimum atomic E-state index is -0.676. The van der Waals surface area contributed by atoms with Gasteiger partial charge in [-0.25, -0.2) is 0 Å². The summed E-state index contributed by atoms with van der Waals surface area (Å²) in [7, 11) is 0. The van der Waals surface area contributed by atoms with Crippen molar-refractivity contribution >= 4 is 17.4 Å². The highest BCUT2D eigenvalue weighted by molar-refractivity contribution is 6.46. The van der Waals surface area contributed by atoms with Gasteiger partial charge in [-0.15, -0.1) is 0 Å². The molecule has 1 aliphatic heterocycles. The number of aromatic nitrogens is 1. The van der Waals surface area contributed by atoms with Gasteiger partial charge in [-0.1, -0.05) is 37.3 Å². The molecule has 0 aliphatic carbocycles. The maximum Gasteiger partial charge on any atom is 0.295 e. The van der Waals surface area contributed by atoms with Gasteiger partial charge < -0.3 is 14.7 Å². The van der Waals surface area contributed by atoms with E-state index >= 15 is 0 Å². The van der Waals surface area contributed by atoms with E-state index in [1.54, 1.807) is 42.7 Å². The summed E-state index contributed by atoms with van der Waals surface area (Å²) in [5.74, 6) is -0.774.